The van der Waals surface area contributed by atoms with E-state index in [1.165, 1.54) is 13.3 Å². The second-order valence-electron chi connectivity index (χ2n) is 4.80. The maximum Gasteiger partial charge on any atom is 0.274 e. The van der Waals surface area contributed by atoms with E-state index >= 15 is 0 Å². The highest BCUT2D eigenvalue weighted by Gasteiger charge is 2.43. The van der Waals surface area contributed by atoms with Crippen LogP contribution in [0.2, 0.25) is 0 Å². The smallest absolute Gasteiger partial charge is 0.274 e. The van der Waals surface area contributed by atoms with Crippen molar-refractivity contribution < 1.29 is 30.0 Å². The molecule has 1 aromatic heterocycles. The van der Waals surface area contributed by atoms with Crippen LogP contribution in [0.4, 0.5) is 0 Å². The lowest BCUT2D eigenvalue weighted by atomic mass is 10.1. The van der Waals surface area contributed by atoms with Gasteiger partial charge in [-0.1, -0.05) is 5.92 Å². The van der Waals surface area contributed by atoms with E-state index in [9.17, 15) is 15.0 Å². The Morgan fingerprint density at radius 1 is 1.55 bits per heavy atom. The zero-order chi connectivity index (χ0) is 16.3. The van der Waals surface area contributed by atoms with Gasteiger partial charge >= 0.3 is 0 Å². The van der Waals surface area contributed by atoms with Crippen LogP contribution in [0, 0.1) is 11.8 Å². The van der Waals surface area contributed by atoms with Crippen molar-refractivity contribution in [2.75, 3.05) is 6.61 Å². The number of rotatable bonds is 3. The molecule has 0 spiro atoms. The minimum atomic E-state index is -1.37. The molecule has 9 heteroatoms. The number of ether oxygens (including phenoxy) is 1. The summed E-state index contributed by atoms with van der Waals surface area (Å²) in [6.07, 6.45) is -4.42. The number of nitrogens with one attached hydrogen (secondary N) is 2. The van der Waals surface area contributed by atoms with Gasteiger partial charge < -0.3 is 35.5 Å². The molecule has 0 aliphatic carbocycles. The van der Waals surface area contributed by atoms with Crippen molar-refractivity contribution in [2.24, 2.45) is 0 Å². The lowest BCUT2D eigenvalue weighted by Crippen LogP contribution is -2.44. The predicted molar refractivity (Wildman–Crippen MR) is 72.4 cm³/mol. The van der Waals surface area contributed by atoms with Gasteiger partial charge in [0.15, 0.2) is 11.9 Å². The number of hydrogen-bond donors (Lipinski definition) is 6. The Hall–Kier alpha value is -1.96. The highest BCUT2D eigenvalue weighted by molar-refractivity contribution is 5.94. The second kappa shape index (κ2) is 6.87. The van der Waals surface area contributed by atoms with E-state index in [0.717, 1.165) is 0 Å². The van der Waals surface area contributed by atoms with Crippen LogP contribution in [0.5, 0.6) is 0 Å². The molecule has 22 heavy (non-hydrogen) atoms. The van der Waals surface area contributed by atoms with Crippen LogP contribution in [0.1, 0.15) is 23.1 Å². The normalized spacial score (nSPS) is 28.8. The number of carbonyl (C=O) groups is 1. The molecule has 0 aromatic carbocycles. The summed E-state index contributed by atoms with van der Waals surface area (Å²) in [5.41, 5.74) is 0.163. The molecule has 1 aromatic rings. The molecule has 1 aliphatic heterocycles. The minimum absolute atomic E-state index is 0.0362. The summed E-state index contributed by atoms with van der Waals surface area (Å²) < 4.78 is 5.15. The zero-order valence-corrected chi connectivity index (χ0v) is 11.7. The van der Waals surface area contributed by atoms with Gasteiger partial charge in [-0.2, -0.15) is 0 Å². The van der Waals surface area contributed by atoms with Crippen LogP contribution in [0.25, 0.3) is 0 Å². The molecule has 6 N–H and O–H groups in total. The average molecular weight is 311 g/mol. The summed E-state index contributed by atoms with van der Waals surface area (Å²) >= 11 is 0. The van der Waals surface area contributed by atoms with Gasteiger partial charge in [0.2, 0.25) is 0 Å². The molecule has 0 bridgehead atoms. The van der Waals surface area contributed by atoms with Crippen molar-refractivity contribution in [2.45, 2.75) is 37.6 Å². The molecular weight excluding hydrogens is 294 g/mol. The number of hydrogen-bond acceptors (Lipinski definition) is 7. The third kappa shape index (κ3) is 3.44. The van der Waals surface area contributed by atoms with Gasteiger partial charge in [-0.05, 0) is 12.8 Å². The van der Waals surface area contributed by atoms with E-state index in [2.05, 4.69) is 27.1 Å². The van der Waals surface area contributed by atoms with Crippen molar-refractivity contribution in [3.8, 4) is 11.8 Å². The molecule has 1 aliphatic rings. The minimum Gasteiger partial charge on any atom is -0.394 e. The number of amides is 1. The van der Waals surface area contributed by atoms with E-state index in [1.54, 1.807) is 0 Å². The SMILES string of the molecule is CC(O)C#Cc1[nH]cnc1C(=O)N[C@@H]1O[C@H](CO)[C@@H](O)[C@H]1O. The topological polar surface area (TPSA) is 148 Å². The van der Waals surface area contributed by atoms with Gasteiger partial charge in [0.25, 0.3) is 5.91 Å². The summed E-state index contributed by atoms with van der Waals surface area (Å²) in [6, 6.07) is 0. The van der Waals surface area contributed by atoms with Crippen molar-refractivity contribution in [3.05, 3.63) is 17.7 Å². The molecule has 1 saturated heterocycles. The van der Waals surface area contributed by atoms with Gasteiger partial charge in [-0.25, -0.2) is 4.98 Å². The zero-order valence-electron chi connectivity index (χ0n) is 11.7. The van der Waals surface area contributed by atoms with Crippen LogP contribution in [0.3, 0.4) is 0 Å². The summed E-state index contributed by atoms with van der Waals surface area (Å²) in [4.78, 5) is 18.6. The highest BCUT2D eigenvalue weighted by Crippen LogP contribution is 2.19. The fourth-order valence-corrected chi connectivity index (χ4v) is 1.95. The number of aromatic amines is 1. The fourth-order valence-electron chi connectivity index (χ4n) is 1.95. The highest BCUT2D eigenvalue weighted by atomic mass is 16.6. The lowest BCUT2D eigenvalue weighted by Gasteiger charge is -2.15. The van der Waals surface area contributed by atoms with Crippen LogP contribution in [-0.4, -0.2) is 73.6 Å². The number of H-pyrrole nitrogens is 1. The molecular formula is C13H17N3O6. The van der Waals surface area contributed by atoms with E-state index in [4.69, 9.17) is 14.9 Å². The first kappa shape index (κ1) is 16.4. The van der Waals surface area contributed by atoms with Crippen molar-refractivity contribution >= 4 is 5.91 Å². The van der Waals surface area contributed by atoms with Gasteiger partial charge in [0, 0.05) is 0 Å². The summed E-state index contributed by atoms with van der Waals surface area (Å²) in [6.45, 7) is 0.986. The van der Waals surface area contributed by atoms with Crippen LogP contribution in [-0.2, 0) is 4.74 Å². The van der Waals surface area contributed by atoms with E-state index < -0.39 is 43.2 Å². The summed E-state index contributed by atoms with van der Waals surface area (Å²) in [7, 11) is 0. The lowest BCUT2D eigenvalue weighted by molar-refractivity contribution is -0.0305. The first-order valence-corrected chi connectivity index (χ1v) is 6.60. The largest absolute Gasteiger partial charge is 0.394 e. The number of aromatic nitrogens is 2. The third-order valence-corrected chi connectivity index (χ3v) is 3.08. The molecule has 2 rings (SSSR count). The van der Waals surface area contributed by atoms with Crippen molar-refractivity contribution in [1.29, 1.82) is 0 Å². The Kier molecular flexibility index (Phi) is 5.12. The van der Waals surface area contributed by atoms with Crippen LogP contribution >= 0.6 is 0 Å². The first-order chi connectivity index (χ1) is 10.4. The summed E-state index contributed by atoms with van der Waals surface area (Å²) in [5, 5.41) is 39.8. The monoisotopic (exact) mass is 311 g/mol. The maximum absolute atomic E-state index is 12.1. The molecule has 120 valence electrons. The number of carbonyl (C=O) groups excluding carboxylic acids is 1. The summed E-state index contributed by atoms with van der Waals surface area (Å²) in [5.74, 6) is 4.36. The van der Waals surface area contributed by atoms with Gasteiger partial charge in [-0.3, -0.25) is 4.79 Å². The molecule has 0 saturated carbocycles. The number of nitrogens with zero attached hydrogens (tertiary/aromatic N) is 1. The number of imidazole rings is 1. The Morgan fingerprint density at radius 2 is 2.27 bits per heavy atom. The molecule has 5 atom stereocenters. The van der Waals surface area contributed by atoms with Gasteiger partial charge in [-0.15, -0.1) is 0 Å². The number of aliphatic hydroxyl groups excluding tert-OH is 4. The Labute approximate surface area is 126 Å². The van der Waals surface area contributed by atoms with Gasteiger partial charge in [0.05, 0.1) is 12.9 Å². The quantitative estimate of drug-likeness (QED) is 0.333. The molecule has 2 heterocycles. The number of aliphatic hydroxyl groups is 4. The Bertz CT molecular complexity index is 590. The van der Waals surface area contributed by atoms with Crippen LogP contribution < -0.4 is 5.32 Å². The molecule has 0 radical (unpaired) electrons. The standard InChI is InChI=1S/C13H17N3O6/c1-6(18)2-3-7-9(15-5-14-7)12(21)16-13-11(20)10(19)8(4-17)22-13/h5-6,8,10-11,13,17-20H,4H2,1H3,(H,14,15)(H,16,21)/t6?,8-,10-,11-,13-/m1/s1. The predicted octanol–water partition coefficient (Wildman–Crippen LogP) is -2.69. The van der Waals surface area contributed by atoms with Crippen molar-refractivity contribution in [3.63, 3.8) is 0 Å². The average Bonchev–Trinajstić information content (AvgIpc) is 3.05. The Morgan fingerprint density at radius 3 is 2.86 bits per heavy atom. The van der Waals surface area contributed by atoms with E-state index in [1.807, 2.05) is 0 Å². The molecule has 1 amide bonds. The molecule has 9 nitrogen and oxygen atoms in total. The second-order valence-corrected chi connectivity index (χ2v) is 4.80. The van der Waals surface area contributed by atoms with Gasteiger partial charge in [0.1, 0.15) is 30.1 Å². The Balaban J connectivity index is 2.08. The van der Waals surface area contributed by atoms with E-state index in [0.29, 0.717) is 0 Å². The fraction of sp³-hybridized carbons (Fsp3) is 0.538. The maximum atomic E-state index is 12.1. The molecule has 1 fully saturated rings. The third-order valence-electron chi connectivity index (χ3n) is 3.08. The van der Waals surface area contributed by atoms with Crippen molar-refractivity contribution in [1.82, 2.24) is 15.3 Å². The van der Waals surface area contributed by atoms with Crippen LogP contribution in [0.15, 0.2) is 6.33 Å². The van der Waals surface area contributed by atoms with E-state index in [-0.39, 0.29) is 11.4 Å². The molecule has 1 unspecified atom stereocenters. The first-order valence-electron chi connectivity index (χ1n) is 6.60.